The standard InChI is InChI=1S/C19H24N2O/c1-5-21(6-2)18-13-9-16(10-14-18)19(22)15-7-11-17(12-8-15)20(3)4/h7-14H,5-6H2,1-4H3. The van der Waals surface area contributed by atoms with Gasteiger partial charge < -0.3 is 9.80 Å². The topological polar surface area (TPSA) is 23.6 Å². The Balaban J connectivity index is 2.19. The van der Waals surface area contributed by atoms with E-state index in [0.717, 1.165) is 35.6 Å². The van der Waals surface area contributed by atoms with Gasteiger partial charge in [0.2, 0.25) is 0 Å². The van der Waals surface area contributed by atoms with Crippen LogP contribution in [0.4, 0.5) is 11.4 Å². The van der Waals surface area contributed by atoms with Gasteiger partial charge in [0.1, 0.15) is 0 Å². The molecule has 0 N–H and O–H groups in total. The normalized spacial score (nSPS) is 10.4. The van der Waals surface area contributed by atoms with E-state index in [0.29, 0.717) is 0 Å². The average Bonchev–Trinajstić information content (AvgIpc) is 2.56. The van der Waals surface area contributed by atoms with Crippen molar-refractivity contribution in [1.29, 1.82) is 0 Å². The van der Waals surface area contributed by atoms with Crippen molar-refractivity contribution in [3.63, 3.8) is 0 Å². The Labute approximate surface area is 133 Å². The Morgan fingerprint density at radius 2 is 1.18 bits per heavy atom. The van der Waals surface area contributed by atoms with Gasteiger partial charge in [0, 0.05) is 49.7 Å². The first kappa shape index (κ1) is 16.1. The minimum absolute atomic E-state index is 0.0661. The molecule has 3 nitrogen and oxygen atoms in total. The zero-order valence-corrected chi connectivity index (χ0v) is 13.8. The van der Waals surface area contributed by atoms with Gasteiger partial charge in [-0.05, 0) is 62.4 Å². The van der Waals surface area contributed by atoms with Crippen LogP contribution in [0.5, 0.6) is 0 Å². The maximum absolute atomic E-state index is 12.5. The third-order valence-corrected chi connectivity index (χ3v) is 3.90. The molecule has 0 aliphatic carbocycles. The maximum atomic E-state index is 12.5. The molecule has 2 aromatic rings. The minimum atomic E-state index is 0.0661. The summed E-state index contributed by atoms with van der Waals surface area (Å²) in [6.07, 6.45) is 0. The van der Waals surface area contributed by atoms with Crippen LogP contribution < -0.4 is 9.80 Å². The van der Waals surface area contributed by atoms with E-state index >= 15 is 0 Å². The van der Waals surface area contributed by atoms with Crippen LogP contribution in [0.1, 0.15) is 29.8 Å². The molecule has 0 atom stereocenters. The van der Waals surface area contributed by atoms with Gasteiger partial charge in [-0.2, -0.15) is 0 Å². The van der Waals surface area contributed by atoms with Gasteiger partial charge in [0.25, 0.3) is 0 Å². The number of carbonyl (C=O) groups excluding carboxylic acids is 1. The van der Waals surface area contributed by atoms with E-state index in [1.54, 1.807) is 0 Å². The van der Waals surface area contributed by atoms with Crippen LogP contribution in [0, 0.1) is 0 Å². The fourth-order valence-corrected chi connectivity index (χ4v) is 2.49. The zero-order chi connectivity index (χ0) is 16.1. The van der Waals surface area contributed by atoms with Gasteiger partial charge in [0.15, 0.2) is 5.78 Å². The molecule has 3 heteroatoms. The highest BCUT2D eigenvalue weighted by molar-refractivity contribution is 6.09. The molecule has 0 fully saturated rings. The SMILES string of the molecule is CCN(CC)c1ccc(C(=O)c2ccc(N(C)C)cc2)cc1. The third-order valence-electron chi connectivity index (χ3n) is 3.90. The van der Waals surface area contributed by atoms with E-state index in [2.05, 4.69) is 18.7 Å². The molecular weight excluding hydrogens is 272 g/mol. The molecule has 0 saturated heterocycles. The van der Waals surface area contributed by atoms with Crippen LogP contribution in [0.2, 0.25) is 0 Å². The fraction of sp³-hybridized carbons (Fsp3) is 0.316. The number of rotatable bonds is 6. The summed E-state index contributed by atoms with van der Waals surface area (Å²) >= 11 is 0. The molecule has 0 spiro atoms. The molecule has 0 aliphatic rings. The van der Waals surface area contributed by atoms with Crippen molar-refractivity contribution >= 4 is 17.2 Å². The fourth-order valence-electron chi connectivity index (χ4n) is 2.49. The van der Waals surface area contributed by atoms with Gasteiger partial charge in [-0.15, -0.1) is 0 Å². The summed E-state index contributed by atoms with van der Waals surface area (Å²) in [6, 6.07) is 15.6. The highest BCUT2D eigenvalue weighted by Crippen LogP contribution is 2.19. The summed E-state index contributed by atoms with van der Waals surface area (Å²) in [4.78, 5) is 16.8. The number of nitrogens with zero attached hydrogens (tertiary/aromatic N) is 2. The third kappa shape index (κ3) is 3.48. The molecule has 2 aromatic carbocycles. The van der Waals surface area contributed by atoms with Crippen LogP contribution in [-0.4, -0.2) is 33.0 Å². The summed E-state index contributed by atoms with van der Waals surface area (Å²) in [6.45, 7) is 6.20. The summed E-state index contributed by atoms with van der Waals surface area (Å²) in [5, 5.41) is 0. The summed E-state index contributed by atoms with van der Waals surface area (Å²) < 4.78 is 0. The number of hydrogen-bond acceptors (Lipinski definition) is 3. The first-order valence-corrected chi connectivity index (χ1v) is 7.74. The number of benzene rings is 2. The average molecular weight is 296 g/mol. The Morgan fingerprint density at radius 1 is 0.773 bits per heavy atom. The molecule has 0 amide bonds. The lowest BCUT2D eigenvalue weighted by molar-refractivity contribution is 0.103. The second-order valence-corrected chi connectivity index (χ2v) is 5.49. The highest BCUT2D eigenvalue weighted by atomic mass is 16.1. The van der Waals surface area contributed by atoms with E-state index < -0.39 is 0 Å². The zero-order valence-electron chi connectivity index (χ0n) is 13.8. The lowest BCUT2D eigenvalue weighted by atomic mass is 10.0. The lowest BCUT2D eigenvalue weighted by Crippen LogP contribution is -2.21. The number of carbonyl (C=O) groups is 1. The number of ketones is 1. The van der Waals surface area contributed by atoms with Crippen LogP contribution in [0.15, 0.2) is 48.5 Å². The molecule has 0 saturated carbocycles. The first-order valence-electron chi connectivity index (χ1n) is 7.74. The molecule has 0 aliphatic heterocycles. The van der Waals surface area contributed by atoms with Gasteiger partial charge in [0.05, 0.1) is 0 Å². The first-order chi connectivity index (χ1) is 10.6. The quantitative estimate of drug-likeness (QED) is 0.757. The monoisotopic (exact) mass is 296 g/mol. The van der Waals surface area contributed by atoms with E-state index in [1.807, 2.05) is 67.5 Å². The Bertz CT molecular complexity index is 611. The largest absolute Gasteiger partial charge is 0.378 e. The smallest absolute Gasteiger partial charge is 0.193 e. The van der Waals surface area contributed by atoms with Gasteiger partial charge in [-0.3, -0.25) is 4.79 Å². The molecule has 22 heavy (non-hydrogen) atoms. The van der Waals surface area contributed by atoms with Crippen LogP contribution in [0.25, 0.3) is 0 Å². The van der Waals surface area contributed by atoms with Crippen LogP contribution in [-0.2, 0) is 0 Å². The maximum Gasteiger partial charge on any atom is 0.193 e. The molecule has 2 rings (SSSR count). The molecule has 0 aromatic heterocycles. The van der Waals surface area contributed by atoms with Crippen molar-refractivity contribution in [2.75, 3.05) is 37.0 Å². The van der Waals surface area contributed by atoms with E-state index in [1.165, 1.54) is 0 Å². The van der Waals surface area contributed by atoms with Crippen molar-refractivity contribution in [3.8, 4) is 0 Å². The van der Waals surface area contributed by atoms with Crippen LogP contribution >= 0.6 is 0 Å². The molecular formula is C19H24N2O. The van der Waals surface area contributed by atoms with Gasteiger partial charge in [-0.25, -0.2) is 0 Å². The van der Waals surface area contributed by atoms with E-state index in [-0.39, 0.29) is 5.78 Å². The van der Waals surface area contributed by atoms with Crippen molar-refractivity contribution in [3.05, 3.63) is 59.7 Å². The van der Waals surface area contributed by atoms with E-state index in [9.17, 15) is 4.79 Å². The van der Waals surface area contributed by atoms with Crippen molar-refractivity contribution < 1.29 is 4.79 Å². The predicted molar refractivity (Wildman–Crippen MR) is 94.2 cm³/mol. The Morgan fingerprint density at radius 3 is 1.55 bits per heavy atom. The Hall–Kier alpha value is -2.29. The predicted octanol–water partition coefficient (Wildman–Crippen LogP) is 3.83. The molecule has 116 valence electrons. The van der Waals surface area contributed by atoms with Crippen molar-refractivity contribution in [2.45, 2.75) is 13.8 Å². The van der Waals surface area contributed by atoms with Gasteiger partial charge in [-0.1, -0.05) is 0 Å². The summed E-state index contributed by atoms with van der Waals surface area (Å²) in [5.41, 5.74) is 3.70. The summed E-state index contributed by atoms with van der Waals surface area (Å²) in [5.74, 6) is 0.0661. The molecule has 0 unspecified atom stereocenters. The van der Waals surface area contributed by atoms with Crippen molar-refractivity contribution in [2.24, 2.45) is 0 Å². The minimum Gasteiger partial charge on any atom is -0.378 e. The highest BCUT2D eigenvalue weighted by Gasteiger charge is 2.10. The van der Waals surface area contributed by atoms with Crippen molar-refractivity contribution in [1.82, 2.24) is 0 Å². The Kier molecular flexibility index (Phi) is 5.21. The summed E-state index contributed by atoms with van der Waals surface area (Å²) in [7, 11) is 3.98. The molecule has 0 heterocycles. The second-order valence-electron chi connectivity index (χ2n) is 5.49. The lowest BCUT2D eigenvalue weighted by Gasteiger charge is -2.21. The van der Waals surface area contributed by atoms with Gasteiger partial charge >= 0.3 is 0 Å². The second kappa shape index (κ2) is 7.12. The van der Waals surface area contributed by atoms with Crippen LogP contribution in [0.3, 0.4) is 0 Å². The number of anilines is 2. The number of hydrogen-bond donors (Lipinski definition) is 0. The molecule has 0 bridgehead atoms. The van der Waals surface area contributed by atoms with E-state index in [4.69, 9.17) is 0 Å². The molecule has 0 radical (unpaired) electrons.